The number of likely N-dealkylation sites (tertiary alicyclic amines) is 10. The van der Waals surface area contributed by atoms with Gasteiger partial charge in [-0.3, -0.25) is 49.0 Å². The van der Waals surface area contributed by atoms with Crippen LogP contribution in [0.4, 0.5) is 0 Å². The molecule has 1 unspecified atom stereocenters. The minimum atomic E-state index is 0.346. The van der Waals surface area contributed by atoms with E-state index in [-0.39, 0.29) is 0 Å². The molecule has 7 spiro atoms. The second kappa shape index (κ2) is 43.7. The van der Waals surface area contributed by atoms with Crippen LogP contribution in [0.1, 0.15) is 374 Å². The summed E-state index contributed by atoms with van der Waals surface area (Å²) in [6, 6.07) is 0. The standard InChI is InChI=1S/2C15H30N2.C13H26N2.2C12H24N2.C11H22N2.C10H20N2.4C4H10/c1-13(2,3)16-9-7-15(11-16)8-10-17(12-15)14(4,5)6;1-13(2,3)16-9-7-15(8-10-16)11-17(12-15)14(4,5)6;1-11(2,3)14-7-13(8-14)9-15(10-13)12(4,5)6;1-11(2,3)14-8-5-12(6-9-14)4-7-13-10-12;1-11(2,3)14-8-4-5-12(10-14)6-7-13-9-12;1-10(2,3)13-8-11(9-13)5-4-6-12-7-11;1-9(2,3)12-7-10(8-12)4-5-11-6-10;4*1-4(2)3/h2*7-12H2,1-6H3;7-10H2,1-6H3;2*13H,4-10H2,1-3H3;12H,4-9H2,1-3H3;11H,4-8H2,1-3H3;4*4H,1-3H3. The summed E-state index contributed by atoms with van der Waals surface area (Å²) in [5, 5.41) is 14.0. The quantitative estimate of drug-likeness (QED) is 0.186. The maximum absolute atomic E-state index is 3.53. The van der Waals surface area contributed by atoms with E-state index >= 15 is 0 Å². The fraction of sp³-hybridized carbons (Fsp3) is 1.00. The Morgan fingerprint density at radius 2 is 0.347 bits per heavy atom. The van der Waals surface area contributed by atoms with Crippen molar-refractivity contribution in [1.29, 1.82) is 0 Å². The van der Waals surface area contributed by atoms with Crippen molar-refractivity contribution in [3.05, 3.63) is 0 Å². The van der Waals surface area contributed by atoms with E-state index in [1.165, 1.54) is 267 Å². The Kier molecular flexibility index (Phi) is 40.7. The van der Waals surface area contributed by atoms with Gasteiger partial charge in [0.1, 0.15) is 0 Å². The van der Waals surface area contributed by atoms with Gasteiger partial charge in [0, 0.05) is 183 Å². The highest BCUT2D eigenvalue weighted by atomic mass is 15.4. The number of rotatable bonds is 0. The molecule has 0 bridgehead atoms. The van der Waals surface area contributed by atoms with Crippen molar-refractivity contribution < 1.29 is 0 Å². The van der Waals surface area contributed by atoms with Gasteiger partial charge in [-0.15, -0.1) is 0 Å². The summed E-state index contributed by atoms with van der Waals surface area (Å²) < 4.78 is 0. The lowest BCUT2D eigenvalue weighted by atomic mass is 9.69. The first kappa shape index (κ1) is 110. The van der Waals surface area contributed by atoms with E-state index in [0.717, 1.165) is 23.7 Å². The Morgan fingerprint density at radius 1 is 0.169 bits per heavy atom. The maximum atomic E-state index is 3.53. The van der Waals surface area contributed by atoms with Crippen LogP contribution in [0.5, 0.6) is 0 Å². The summed E-state index contributed by atoms with van der Waals surface area (Å²) in [6.07, 6.45) is 18.2. The monoisotopic (exact) mass is 1660 g/mol. The van der Waals surface area contributed by atoms with Gasteiger partial charge < -0.3 is 21.3 Å². The van der Waals surface area contributed by atoms with E-state index in [0.29, 0.717) is 93.3 Å². The van der Waals surface area contributed by atoms with Crippen LogP contribution in [0.2, 0.25) is 0 Å². The van der Waals surface area contributed by atoms with Gasteiger partial charge in [0.2, 0.25) is 0 Å². The normalized spacial score (nSPS) is 26.3. The fourth-order valence-corrected chi connectivity index (χ4v) is 19.9. The van der Waals surface area contributed by atoms with Crippen LogP contribution in [0.25, 0.3) is 0 Å². The first-order valence-corrected chi connectivity index (χ1v) is 49.7. The highest BCUT2D eigenvalue weighted by Crippen LogP contribution is 2.49. The molecule has 14 nitrogen and oxygen atoms in total. The molecule has 0 saturated carbocycles. The molecular formula is C104H216N14. The Balaban J connectivity index is 0.000000281. The third-order valence-electron chi connectivity index (χ3n) is 28.5. The van der Waals surface area contributed by atoms with Crippen LogP contribution in [0, 0.1) is 61.6 Å². The molecule has 0 aliphatic carbocycles. The molecule has 14 aliphatic heterocycles. The predicted octanol–water partition coefficient (Wildman–Crippen LogP) is 21.1. The molecule has 4 N–H and O–H groups in total. The summed E-state index contributed by atoms with van der Waals surface area (Å²) in [6.45, 7) is 132. The molecule has 0 aromatic heterocycles. The number of nitrogens with one attached hydrogen (secondary N) is 4. The number of hydrogen-bond donors (Lipinski definition) is 4. The largest absolute Gasteiger partial charge is 0.316 e. The molecule has 118 heavy (non-hydrogen) atoms. The fourth-order valence-electron chi connectivity index (χ4n) is 19.9. The van der Waals surface area contributed by atoms with Crippen molar-refractivity contribution in [1.82, 2.24) is 70.3 Å². The van der Waals surface area contributed by atoms with Crippen LogP contribution >= 0.6 is 0 Å². The molecule has 14 saturated heterocycles. The molecule has 0 radical (unpaired) electrons. The van der Waals surface area contributed by atoms with Crippen LogP contribution in [0.3, 0.4) is 0 Å². The molecule has 14 heterocycles. The summed E-state index contributed by atoms with van der Waals surface area (Å²) >= 11 is 0. The third kappa shape index (κ3) is 36.2. The highest BCUT2D eigenvalue weighted by molar-refractivity contribution is 5.11. The van der Waals surface area contributed by atoms with Crippen LogP contribution < -0.4 is 21.3 Å². The summed E-state index contributed by atoms with van der Waals surface area (Å²) in [5.41, 5.74) is 8.14. The molecular weight excluding hydrogens is 1450 g/mol. The van der Waals surface area contributed by atoms with Gasteiger partial charge >= 0.3 is 0 Å². The van der Waals surface area contributed by atoms with E-state index in [2.05, 4.69) is 361 Å². The molecule has 0 aromatic rings. The summed E-state index contributed by atoms with van der Waals surface area (Å²) in [7, 11) is 0. The lowest BCUT2D eigenvalue weighted by Gasteiger charge is -2.66. The van der Waals surface area contributed by atoms with Gasteiger partial charge in [-0.05, 0) is 409 Å². The Labute approximate surface area is 740 Å². The van der Waals surface area contributed by atoms with Crippen LogP contribution in [-0.4, -0.2) is 288 Å². The van der Waals surface area contributed by atoms with Gasteiger partial charge in [0.15, 0.2) is 0 Å². The smallest absolute Gasteiger partial charge is 0.0213 e. The van der Waals surface area contributed by atoms with Crippen molar-refractivity contribution in [2.45, 2.75) is 430 Å². The highest BCUT2D eigenvalue weighted by Gasteiger charge is 2.57. The first-order chi connectivity index (χ1) is 53.4. The predicted molar refractivity (Wildman–Crippen MR) is 524 cm³/mol. The van der Waals surface area contributed by atoms with Gasteiger partial charge in [-0.2, -0.15) is 0 Å². The van der Waals surface area contributed by atoms with E-state index in [1.54, 1.807) is 0 Å². The van der Waals surface area contributed by atoms with E-state index in [4.69, 9.17) is 0 Å². The van der Waals surface area contributed by atoms with Crippen molar-refractivity contribution >= 4 is 0 Å². The van der Waals surface area contributed by atoms with Crippen molar-refractivity contribution in [2.24, 2.45) is 61.6 Å². The molecule has 14 heteroatoms. The van der Waals surface area contributed by atoms with Crippen LogP contribution in [0.15, 0.2) is 0 Å². The molecule has 0 amide bonds. The van der Waals surface area contributed by atoms with E-state index in [1.807, 2.05) is 0 Å². The summed E-state index contributed by atoms with van der Waals surface area (Å²) in [5.74, 6) is 3.33. The minimum absolute atomic E-state index is 0.346. The van der Waals surface area contributed by atoms with E-state index < -0.39 is 0 Å². The third-order valence-corrected chi connectivity index (χ3v) is 28.5. The molecule has 14 aliphatic rings. The van der Waals surface area contributed by atoms with Gasteiger partial charge in [-0.1, -0.05) is 83.1 Å². The molecule has 702 valence electrons. The number of piperidine rings is 4. The van der Waals surface area contributed by atoms with Crippen molar-refractivity contribution in [3.63, 3.8) is 0 Å². The van der Waals surface area contributed by atoms with Crippen molar-refractivity contribution in [3.8, 4) is 0 Å². The Morgan fingerprint density at radius 3 is 0.585 bits per heavy atom. The number of nitrogens with zero attached hydrogens (tertiary/aromatic N) is 10. The number of hydrogen-bond acceptors (Lipinski definition) is 14. The topological polar surface area (TPSA) is 80.5 Å². The average molecular weight is 1660 g/mol. The zero-order valence-electron chi connectivity index (χ0n) is 88.3. The second-order valence-corrected chi connectivity index (χ2v) is 54.3. The molecule has 14 fully saturated rings. The van der Waals surface area contributed by atoms with Gasteiger partial charge in [-0.25, -0.2) is 0 Å². The molecule has 14 rings (SSSR count). The Hall–Kier alpha value is -0.560. The average Bonchev–Trinajstić information content (AvgIpc) is 1.17. The van der Waals surface area contributed by atoms with Gasteiger partial charge in [0.25, 0.3) is 0 Å². The summed E-state index contributed by atoms with van der Waals surface area (Å²) in [4.78, 5) is 26.3. The van der Waals surface area contributed by atoms with Crippen LogP contribution in [-0.2, 0) is 0 Å². The lowest BCUT2D eigenvalue weighted by molar-refractivity contribution is -0.167. The Bertz CT molecular complexity index is 2630. The lowest BCUT2D eigenvalue weighted by Crippen LogP contribution is -2.76. The van der Waals surface area contributed by atoms with Crippen molar-refractivity contribution in [2.75, 3.05) is 183 Å². The van der Waals surface area contributed by atoms with E-state index in [9.17, 15) is 0 Å². The molecule has 1 atom stereocenters. The first-order valence-electron chi connectivity index (χ1n) is 49.7. The minimum Gasteiger partial charge on any atom is -0.316 e. The van der Waals surface area contributed by atoms with Gasteiger partial charge in [0.05, 0.1) is 0 Å². The maximum Gasteiger partial charge on any atom is 0.0213 e. The molecule has 0 aromatic carbocycles. The zero-order chi connectivity index (χ0) is 90.4. The SMILES string of the molecule is CC(C)(C)N1CC2(C1)CN(C(C)(C)C)C2.CC(C)(C)N1CC2(CCCNC2)C1.CC(C)(C)N1CC2(CCNC2)C1.CC(C)(C)N1CCC2(CC1)CN(C(C)(C)C)C2.CC(C)(C)N1CCC2(CCN(C(C)(C)C)C2)C1.CC(C)(C)N1CCC2(CCNC2)CC1.CC(C)(C)N1CCCC2(CCNC2)C1.CC(C)C.CC(C)C.CC(C)C.CC(C)C. The second-order valence-electron chi connectivity index (χ2n) is 54.3. The zero-order valence-corrected chi connectivity index (χ0v) is 88.3.